The van der Waals surface area contributed by atoms with Gasteiger partial charge in [0.1, 0.15) is 5.00 Å². The average Bonchev–Trinajstić information content (AvgIpc) is 3.22. The zero-order valence-corrected chi connectivity index (χ0v) is 22.1. The van der Waals surface area contributed by atoms with Crippen LogP contribution in [0.2, 0.25) is 0 Å². The highest BCUT2D eigenvalue weighted by molar-refractivity contribution is 7.92. The van der Waals surface area contributed by atoms with Crippen molar-refractivity contribution in [1.82, 2.24) is 4.90 Å². The van der Waals surface area contributed by atoms with Gasteiger partial charge in [0.25, 0.3) is 15.9 Å². The number of para-hydroxylation sites is 1. The first kappa shape index (κ1) is 25.9. The van der Waals surface area contributed by atoms with Gasteiger partial charge in [0.2, 0.25) is 0 Å². The molecule has 190 valence electrons. The van der Waals surface area contributed by atoms with Crippen molar-refractivity contribution >= 4 is 43.9 Å². The number of carbonyl (C=O) groups excluding carboxylic acids is 2. The number of fused-ring (bicyclic) bond motifs is 1. The van der Waals surface area contributed by atoms with Gasteiger partial charge in [0.05, 0.1) is 22.8 Å². The first-order valence-corrected chi connectivity index (χ1v) is 14.0. The van der Waals surface area contributed by atoms with Crippen LogP contribution in [-0.4, -0.2) is 51.9 Å². The van der Waals surface area contributed by atoms with Crippen LogP contribution in [0.4, 0.5) is 10.7 Å². The molecule has 36 heavy (non-hydrogen) atoms. The summed E-state index contributed by atoms with van der Waals surface area (Å²) in [5, 5.41) is 3.31. The normalized spacial score (nSPS) is 13.6. The van der Waals surface area contributed by atoms with E-state index in [-0.39, 0.29) is 23.6 Å². The molecule has 1 amide bonds. The first-order valence-electron chi connectivity index (χ1n) is 11.8. The Morgan fingerprint density at radius 3 is 2.42 bits per heavy atom. The molecule has 0 aliphatic carbocycles. The van der Waals surface area contributed by atoms with Crippen LogP contribution in [0.5, 0.6) is 0 Å². The predicted octanol–water partition coefficient (Wildman–Crippen LogP) is 4.38. The summed E-state index contributed by atoms with van der Waals surface area (Å²) in [5.41, 5.74) is 2.20. The molecular weight excluding hydrogens is 498 g/mol. The van der Waals surface area contributed by atoms with Crippen LogP contribution >= 0.6 is 11.3 Å². The van der Waals surface area contributed by atoms with E-state index in [0.29, 0.717) is 29.2 Å². The van der Waals surface area contributed by atoms with Crippen molar-refractivity contribution in [2.45, 2.75) is 31.7 Å². The second kappa shape index (κ2) is 10.8. The highest BCUT2D eigenvalue weighted by Crippen LogP contribution is 2.37. The predicted molar refractivity (Wildman–Crippen MR) is 141 cm³/mol. The largest absolute Gasteiger partial charge is 0.462 e. The molecule has 1 N–H and O–H groups in total. The van der Waals surface area contributed by atoms with Crippen LogP contribution in [0, 0.1) is 0 Å². The minimum atomic E-state index is -3.80. The van der Waals surface area contributed by atoms with Gasteiger partial charge in [-0.1, -0.05) is 18.2 Å². The Labute approximate surface area is 215 Å². The lowest BCUT2D eigenvalue weighted by molar-refractivity contribution is 0.0526. The van der Waals surface area contributed by atoms with E-state index in [2.05, 4.69) is 10.2 Å². The lowest BCUT2D eigenvalue weighted by Crippen LogP contribution is -2.30. The minimum Gasteiger partial charge on any atom is -0.462 e. The van der Waals surface area contributed by atoms with Crippen LogP contribution in [0.3, 0.4) is 0 Å². The lowest BCUT2D eigenvalue weighted by atomic mass is 10.0. The number of likely N-dealkylation sites (N-methyl/N-ethyl adjacent to an activating group) is 1. The molecule has 2 heterocycles. The smallest absolute Gasteiger partial charge is 0.341 e. The second-order valence-corrected chi connectivity index (χ2v) is 11.4. The van der Waals surface area contributed by atoms with Gasteiger partial charge in [0.15, 0.2) is 0 Å². The number of amides is 1. The molecule has 0 saturated carbocycles. The van der Waals surface area contributed by atoms with Crippen molar-refractivity contribution in [3.05, 3.63) is 76.2 Å². The Hall–Kier alpha value is -3.21. The molecule has 0 spiro atoms. The van der Waals surface area contributed by atoms with Gasteiger partial charge in [-0.05, 0) is 69.3 Å². The quantitative estimate of drug-likeness (QED) is 0.437. The molecule has 1 aliphatic heterocycles. The highest BCUT2D eigenvalue weighted by Gasteiger charge is 2.29. The second-order valence-electron chi connectivity index (χ2n) is 8.40. The van der Waals surface area contributed by atoms with Crippen LogP contribution in [0.15, 0.2) is 59.5 Å². The Morgan fingerprint density at radius 1 is 1.08 bits per heavy atom. The molecule has 0 radical (unpaired) electrons. The maximum Gasteiger partial charge on any atom is 0.341 e. The summed E-state index contributed by atoms with van der Waals surface area (Å²) in [4.78, 5) is 29.1. The summed E-state index contributed by atoms with van der Waals surface area (Å²) in [6.45, 7) is 5.54. The fourth-order valence-corrected chi connectivity index (χ4v) is 6.99. The van der Waals surface area contributed by atoms with Crippen LogP contribution in [0.1, 0.15) is 45.0 Å². The highest BCUT2D eigenvalue weighted by atomic mass is 32.2. The third-order valence-electron chi connectivity index (χ3n) is 5.99. The summed E-state index contributed by atoms with van der Waals surface area (Å²) in [6, 6.07) is 14.7. The third kappa shape index (κ3) is 5.16. The number of hydrogen-bond donors (Lipinski definition) is 1. The minimum absolute atomic E-state index is 0.0894. The van der Waals surface area contributed by atoms with Crippen LogP contribution < -0.4 is 9.62 Å². The maximum atomic E-state index is 13.2. The Bertz CT molecular complexity index is 1350. The van der Waals surface area contributed by atoms with Gasteiger partial charge in [-0.3, -0.25) is 9.10 Å². The molecule has 2 aromatic carbocycles. The number of rotatable bonds is 8. The number of benzene rings is 2. The molecule has 0 unspecified atom stereocenters. The molecule has 3 aromatic rings. The van der Waals surface area contributed by atoms with Crippen LogP contribution in [-0.2, 0) is 27.7 Å². The van der Waals surface area contributed by atoms with E-state index in [9.17, 15) is 18.0 Å². The first-order chi connectivity index (χ1) is 17.3. The van der Waals surface area contributed by atoms with Crippen molar-refractivity contribution in [1.29, 1.82) is 0 Å². The summed E-state index contributed by atoms with van der Waals surface area (Å²) < 4.78 is 33.0. The van der Waals surface area contributed by atoms with Crippen LogP contribution in [0.25, 0.3) is 0 Å². The van der Waals surface area contributed by atoms with E-state index in [1.165, 1.54) is 39.9 Å². The van der Waals surface area contributed by atoms with Crippen molar-refractivity contribution in [2.24, 2.45) is 0 Å². The van der Waals surface area contributed by atoms with E-state index >= 15 is 0 Å². The lowest BCUT2D eigenvalue weighted by Gasteiger charge is -2.23. The molecule has 0 atom stereocenters. The average molecular weight is 528 g/mol. The zero-order chi connectivity index (χ0) is 25.9. The van der Waals surface area contributed by atoms with E-state index < -0.39 is 21.9 Å². The number of sulfonamides is 1. The van der Waals surface area contributed by atoms with E-state index in [1.807, 2.05) is 13.1 Å². The summed E-state index contributed by atoms with van der Waals surface area (Å²) in [7, 11) is -1.79. The summed E-state index contributed by atoms with van der Waals surface area (Å²) >= 11 is 1.38. The standard InChI is InChI=1S/C26H29N3O5S2/c1-4-29(19-9-7-6-8-10-19)36(32,33)20-13-11-18(12-14-20)24(30)27-25-23(26(31)34-5-2)21-15-16-28(3)17-22(21)35-25/h6-14H,4-5,15-17H2,1-3H3,(H,27,30). The molecule has 8 nitrogen and oxygen atoms in total. The Morgan fingerprint density at radius 2 is 1.78 bits per heavy atom. The maximum absolute atomic E-state index is 13.2. The van der Waals surface area contributed by atoms with Gasteiger partial charge in [-0.2, -0.15) is 0 Å². The van der Waals surface area contributed by atoms with Crippen molar-refractivity contribution in [3.8, 4) is 0 Å². The Balaban J connectivity index is 1.58. The molecule has 10 heteroatoms. The molecular formula is C26H29N3O5S2. The fraction of sp³-hybridized carbons (Fsp3) is 0.308. The van der Waals surface area contributed by atoms with Gasteiger partial charge in [0, 0.05) is 30.1 Å². The number of anilines is 2. The summed E-state index contributed by atoms with van der Waals surface area (Å²) in [5.74, 6) is -0.872. The zero-order valence-electron chi connectivity index (χ0n) is 20.5. The van der Waals surface area contributed by atoms with Gasteiger partial charge in [-0.15, -0.1) is 11.3 Å². The molecule has 0 bridgehead atoms. The number of thiophene rings is 1. The van der Waals surface area contributed by atoms with E-state index in [4.69, 9.17) is 4.74 Å². The number of ether oxygens (including phenoxy) is 1. The number of nitrogens with one attached hydrogen (secondary N) is 1. The number of nitrogens with zero attached hydrogens (tertiary/aromatic N) is 2. The number of esters is 1. The van der Waals surface area contributed by atoms with Crippen molar-refractivity contribution in [2.75, 3.05) is 36.4 Å². The Kier molecular flexibility index (Phi) is 7.77. The van der Waals surface area contributed by atoms with Crippen molar-refractivity contribution < 1.29 is 22.7 Å². The number of hydrogen-bond acceptors (Lipinski definition) is 7. The van der Waals surface area contributed by atoms with E-state index in [0.717, 1.165) is 17.0 Å². The van der Waals surface area contributed by atoms with Gasteiger partial charge >= 0.3 is 5.97 Å². The molecule has 1 aliphatic rings. The van der Waals surface area contributed by atoms with Crippen molar-refractivity contribution in [3.63, 3.8) is 0 Å². The third-order valence-corrected chi connectivity index (χ3v) is 9.04. The monoisotopic (exact) mass is 527 g/mol. The SMILES string of the molecule is CCOC(=O)c1c(NC(=O)c2ccc(S(=O)(=O)N(CC)c3ccccc3)cc2)sc2c1CCN(C)C2. The fourth-order valence-electron chi connectivity index (χ4n) is 4.20. The van der Waals surface area contributed by atoms with Gasteiger partial charge in [-0.25, -0.2) is 13.2 Å². The summed E-state index contributed by atoms with van der Waals surface area (Å²) in [6.07, 6.45) is 0.703. The van der Waals surface area contributed by atoms with Gasteiger partial charge < -0.3 is 15.0 Å². The molecule has 0 saturated heterocycles. The topological polar surface area (TPSA) is 96.0 Å². The number of carbonyl (C=O) groups is 2. The molecule has 4 rings (SSSR count). The molecule has 1 aromatic heterocycles. The van der Waals surface area contributed by atoms with E-state index in [1.54, 1.807) is 38.1 Å². The molecule has 0 fully saturated rings.